The fourth-order valence-electron chi connectivity index (χ4n) is 2.97. The highest BCUT2D eigenvalue weighted by atomic mass is 32.2. The number of halogens is 1. The quantitative estimate of drug-likeness (QED) is 0.470. The van der Waals surface area contributed by atoms with Gasteiger partial charge >= 0.3 is 0 Å². The van der Waals surface area contributed by atoms with Crippen LogP contribution in [0.25, 0.3) is 22.8 Å². The highest BCUT2D eigenvalue weighted by Gasteiger charge is 2.16. The second kappa shape index (κ2) is 8.19. The normalized spacial score (nSPS) is 11.3. The smallest absolute Gasteiger partial charge is 0.261 e. The van der Waals surface area contributed by atoms with Crippen molar-refractivity contribution in [3.8, 4) is 28.6 Å². The van der Waals surface area contributed by atoms with Gasteiger partial charge in [-0.05, 0) is 79.2 Å². The Morgan fingerprint density at radius 2 is 1.71 bits per heavy atom. The maximum absolute atomic E-state index is 13.0. The van der Waals surface area contributed by atoms with Crippen molar-refractivity contribution >= 4 is 15.7 Å². The van der Waals surface area contributed by atoms with Gasteiger partial charge in [-0.25, -0.2) is 12.8 Å². The van der Waals surface area contributed by atoms with Crippen molar-refractivity contribution in [3.63, 3.8) is 0 Å². The topological polar surface area (TPSA) is 94.3 Å². The van der Waals surface area contributed by atoms with Gasteiger partial charge < -0.3 is 9.26 Å². The number of sulfonamides is 1. The number of ether oxygens (including phenoxy) is 1. The molecule has 0 spiro atoms. The lowest BCUT2D eigenvalue weighted by Gasteiger charge is -2.08. The van der Waals surface area contributed by atoms with Crippen molar-refractivity contribution < 1.29 is 22.1 Å². The number of aryl methyl sites for hydroxylation is 1. The number of hydrogen-bond acceptors (Lipinski definition) is 6. The second-order valence-corrected chi connectivity index (χ2v) is 8.42. The molecular formula is C22H18FN3O4S. The molecule has 0 aliphatic rings. The van der Waals surface area contributed by atoms with Crippen LogP contribution in [0, 0.1) is 12.7 Å². The Balaban J connectivity index is 1.53. The summed E-state index contributed by atoms with van der Waals surface area (Å²) in [6.07, 6.45) is 0. The van der Waals surface area contributed by atoms with Gasteiger partial charge in [0.1, 0.15) is 11.6 Å². The van der Waals surface area contributed by atoms with E-state index in [0.717, 1.165) is 29.0 Å². The predicted octanol–water partition coefficient (Wildman–Crippen LogP) is 4.66. The highest BCUT2D eigenvalue weighted by Crippen LogP contribution is 2.28. The molecule has 4 aromatic rings. The Morgan fingerprint density at radius 3 is 2.35 bits per heavy atom. The molecule has 1 heterocycles. The average molecular weight is 439 g/mol. The van der Waals surface area contributed by atoms with Gasteiger partial charge in [-0.3, -0.25) is 4.72 Å². The van der Waals surface area contributed by atoms with Crippen LogP contribution in [0.3, 0.4) is 0 Å². The Kier molecular flexibility index (Phi) is 5.43. The zero-order valence-electron chi connectivity index (χ0n) is 16.7. The van der Waals surface area contributed by atoms with Crippen molar-refractivity contribution in [2.45, 2.75) is 11.8 Å². The van der Waals surface area contributed by atoms with E-state index in [1.54, 1.807) is 31.4 Å². The van der Waals surface area contributed by atoms with E-state index < -0.39 is 15.8 Å². The van der Waals surface area contributed by atoms with Crippen LogP contribution in [0.4, 0.5) is 10.1 Å². The second-order valence-electron chi connectivity index (χ2n) is 6.74. The molecule has 4 rings (SSSR count). The molecule has 0 unspecified atom stereocenters. The van der Waals surface area contributed by atoms with E-state index in [1.165, 1.54) is 12.1 Å². The minimum absolute atomic E-state index is 0.0318. The Labute approximate surface area is 178 Å². The van der Waals surface area contributed by atoms with E-state index in [-0.39, 0.29) is 4.90 Å². The van der Waals surface area contributed by atoms with Crippen molar-refractivity contribution in [2.75, 3.05) is 11.8 Å². The number of nitrogens with one attached hydrogen (secondary N) is 1. The van der Waals surface area contributed by atoms with Crippen LogP contribution in [0.5, 0.6) is 5.75 Å². The van der Waals surface area contributed by atoms with E-state index in [2.05, 4.69) is 14.9 Å². The zero-order chi connectivity index (χ0) is 22.0. The molecule has 158 valence electrons. The van der Waals surface area contributed by atoms with Crippen LogP contribution >= 0.6 is 0 Å². The number of benzene rings is 3. The largest absolute Gasteiger partial charge is 0.497 e. The summed E-state index contributed by atoms with van der Waals surface area (Å²) < 4.78 is 50.9. The molecule has 0 aliphatic carbocycles. The third kappa shape index (κ3) is 4.41. The molecule has 9 heteroatoms. The minimum Gasteiger partial charge on any atom is -0.497 e. The summed E-state index contributed by atoms with van der Waals surface area (Å²) >= 11 is 0. The van der Waals surface area contributed by atoms with E-state index in [4.69, 9.17) is 9.26 Å². The third-order valence-electron chi connectivity index (χ3n) is 4.61. The SMILES string of the molecule is COc1ccc(-c2nc(-c3ccc(NS(=O)(=O)c4ccc(F)cc4)cc3)no2)c(C)c1. The number of aromatic nitrogens is 2. The Morgan fingerprint density at radius 1 is 1.00 bits per heavy atom. The summed E-state index contributed by atoms with van der Waals surface area (Å²) in [4.78, 5) is 4.40. The highest BCUT2D eigenvalue weighted by molar-refractivity contribution is 7.92. The Hall–Kier alpha value is -3.72. The maximum atomic E-state index is 13.0. The molecule has 0 aliphatic heterocycles. The van der Waals surface area contributed by atoms with Crippen LogP contribution in [-0.4, -0.2) is 25.7 Å². The molecule has 0 saturated carbocycles. The molecule has 0 fully saturated rings. The van der Waals surface area contributed by atoms with Crippen LogP contribution in [0.2, 0.25) is 0 Å². The molecule has 1 aromatic heterocycles. The van der Waals surface area contributed by atoms with Gasteiger partial charge in [0, 0.05) is 16.8 Å². The van der Waals surface area contributed by atoms with Gasteiger partial charge in [-0.15, -0.1) is 0 Å². The maximum Gasteiger partial charge on any atom is 0.261 e. The lowest BCUT2D eigenvalue weighted by atomic mass is 10.1. The molecule has 0 atom stereocenters. The molecule has 0 bridgehead atoms. The molecule has 0 saturated heterocycles. The fourth-order valence-corrected chi connectivity index (χ4v) is 4.03. The molecule has 3 aromatic carbocycles. The van der Waals surface area contributed by atoms with Gasteiger partial charge in [0.15, 0.2) is 0 Å². The first-order valence-electron chi connectivity index (χ1n) is 9.23. The summed E-state index contributed by atoms with van der Waals surface area (Å²) in [6, 6.07) is 16.7. The monoisotopic (exact) mass is 439 g/mol. The van der Waals surface area contributed by atoms with E-state index >= 15 is 0 Å². The van der Waals surface area contributed by atoms with Gasteiger partial charge in [-0.1, -0.05) is 5.16 Å². The number of anilines is 1. The van der Waals surface area contributed by atoms with Crippen LogP contribution < -0.4 is 9.46 Å². The predicted molar refractivity (Wildman–Crippen MR) is 114 cm³/mol. The lowest BCUT2D eigenvalue weighted by molar-refractivity contribution is 0.414. The van der Waals surface area contributed by atoms with E-state index in [9.17, 15) is 12.8 Å². The lowest BCUT2D eigenvalue weighted by Crippen LogP contribution is -2.12. The van der Waals surface area contributed by atoms with Gasteiger partial charge in [-0.2, -0.15) is 4.98 Å². The molecule has 0 amide bonds. The minimum atomic E-state index is -3.83. The summed E-state index contributed by atoms with van der Waals surface area (Å²) in [5, 5.41) is 4.02. The van der Waals surface area contributed by atoms with E-state index in [1.807, 2.05) is 25.1 Å². The number of rotatable bonds is 6. The fraction of sp³-hybridized carbons (Fsp3) is 0.0909. The van der Waals surface area contributed by atoms with E-state index in [0.29, 0.717) is 23.0 Å². The molecule has 31 heavy (non-hydrogen) atoms. The summed E-state index contributed by atoms with van der Waals surface area (Å²) in [7, 11) is -2.23. The summed E-state index contributed by atoms with van der Waals surface area (Å²) in [6.45, 7) is 1.92. The number of nitrogens with zero attached hydrogens (tertiary/aromatic N) is 2. The van der Waals surface area contributed by atoms with Crippen LogP contribution in [0.15, 0.2) is 76.1 Å². The van der Waals surface area contributed by atoms with Crippen molar-refractivity contribution in [1.29, 1.82) is 0 Å². The molecule has 7 nitrogen and oxygen atoms in total. The molecular weight excluding hydrogens is 421 g/mol. The first kappa shape index (κ1) is 20.5. The van der Waals surface area contributed by atoms with Crippen molar-refractivity contribution in [2.24, 2.45) is 0 Å². The van der Waals surface area contributed by atoms with Gasteiger partial charge in [0.05, 0.1) is 12.0 Å². The van der Waals surface area contributed by atoms with Crippen molar-refractivity contribution in [3.05, 3.63) is 78.1 Å². The third-order valence-corrected chi connectivity index (χ3v) is 6.01. The first-order chi connectivity index (χ1) is 14.9. The summed E-state index contributed by atoms with van der Waals surface area (Å²) in [5.74, 6) is 0.974. The first-order valence-corrected chi connectivity index (χ1v) is 10.7. The van der Waals surface area contributed by atoms with Crippen molar-refractivity contribution in [1.82, 2.24) is 10.1 Å². The van der Waals surface area contributed by atoms with Gasteiger partial charge in [0.2, 0.25) is 5.82 Å². The summed E-state index contributed by atoms with van der Waals surface area (Å²) in [5.41, 5.74) is 2.73. The van der Waals surface area contributed by atoms with Gasteiger partial charge in [0.25, 0.3) is 15.9 Å². The molecule has 1 N–H and O–H groups in total. The number of methoxy groups -OCH3 is 1. The van der Waals surface area contributed by atoms with Crippen LogP contribution in [0.1, 0.15) is 5.56 Å². The Bertz CT molecular complexity index is 1320. The average Bonchev–Trinajstić information content (AvgIpc) is 3.24. The standard InChI is InChI=1S/C22H18FN3O4S/c1-14-13-18(29-2)9-12-20(14)22-24-21(25-30-22)15-3-7-17(8-4-15)26-31(27,28)19-10-5-16(23)6-11-19/h3-13,26H,1-2H3. The van der Waals surface area contributed by atoms with Crippen LogP contribution in [-0.2, 0) is 10.0 Å². The number of hydrogen-bond donors (Lipinski definition) is 1. The zero-order valence-corrected chi connectivity index (χ0v) is 17.5. The molecule has 0 radical (unpaired) electrons.